The topological polar surface area (TPSA) is 67.4 Å². The predicted molar refractivity (Wildman–Crippen MR) is 126 cm³/mol. The lowest BCUT2D eigenvalue weighted by atomic mass is 10.2. The molecule has 0 saturated heterocycles. The van der Waals surface area contributed by atoms with Crippen LogP contribution < -0.4 is 24.8 Å². The van der Waals surface area contributed by atoms with Gasteiger partial charge in [-0.05, 0) is 62.8 Å². The number of guanidine groups is 1. The van der Waals surface area contributed by atoms with Gasteiger partial charge in [0.25, 0.3) is 0 Å². The number of benzene rings is 2. The highest BCUT2D eigenvalue weighted by Crippen LogP contribution is 2.27. The normalized spacial score (nSPS) is 11.4. The van der Waals surface area contributed by atoms with E-state index in [2.05, 4.69) is 53.7 Å². The third-order valence-electron chi connectivity index (χ3n) is 4.61. The Hall–Kier alpha value is -2.93. The Morgan fingerprint density at radius 2 is 1.65 bits per heavy atom. The number of hydrogen-bond acceptors (Lipinski definition) is 5. The molecule has 0 aromatic heterocycles. The number of nitrogens with zero attached hydrogens (tertiary/aromatic N) is 2. The second kappa shape index (κ2) is 13.4. The first-order valence-corrected chi connectivity index (χ1v) is 10.6. The van der Waals surface area contributed by atoms with E-state index in [1.54, 1.807) is 14.2 Å². The average molecular weight is 429 g/mol. The number of methoxy groups -OCH3 is 2. The van der Waals surface area contributed by atoms with Crippen LogP contribution in [0.2, 0.25) is 0 Å². The van der Waals surface area contributed by atoms with Crippen molar-refractivity contribution in [3.8, 4) is 17.2 Å². The maximum absolute atomic E-state index is 5.80. The molecule has 2 aromatic rings. The summed E-state index contributed by atoms with van der Waals surface area (Å²) in [6, 6.07) is 14.0. The van der Waals surface area contributed by atoms with Crippen molar-refractivity contribution in [2.45, 2.75) is 26.4 Å². The van der Waals surface area contributed by atoms with Crippen LogP contribution in [0.15, 0.2) is 47.5 Å². The van der Waals surface area contributed by atoms with Crippen molar-refractivity contribution in [3.05, 3.63) is 53.6 Å². The van der Waals surface area contributed by atoms with Crippen LogP contribution in [0.1, 0.15) is 24.5 Å². The molecule has 0 heterocycles. The van der Waals surface area contributed by atoms with Crippen molar-refractivity contribution in [3.63, 3.8) is 0 Å². The molecule has 31 heavy (non-hydrogen) atoms. The number of nitrogens with one attached hydrogen (secondary N) is 2. The van der Waals surface area contributed by atoms with Gasteiger partial charge in [-0.25, -0.2) is 4.99 Å². The van der Waals surface area contributed by atoms with Crippen molar-refractivity contribution in [2.75, 3.05) is 48.0 Å². The van der Waals surface area contributed by atoms with Crippen LogP contribution >= 0.6 is 0 Å². The van der Waals surface area contributed by atoms with Gasteiger partial charge >= 0.3 is 0 Å². The number of rotatable bonds is 12. The van der Waals surface area contributed by atoms with Gasteiger partial charge in [-0.15, -0.1) is 0 Å². The van der Waals surface area contributed by atoms with E-state index in [4.69, 9.17) is 14.2 Å². The predicted octanol–water partition coefficient (Wildman–Crippen LogP) is 3.29. The van der Waals surface area contributed by atoms with E-state index >= 15 is 0 Å². The van der Waals surface area contributed by atoms with E-state index in [1.165, 1.54) is 0 Å². The van der Waals surface area contributed by atoms with Crippen LogP contribution in [0.3, 0.4) is 0 Å². The van der Waals surface area contributed by atoms with Crippen molar-refractivity contribution in [2.24, 2.45) is 4.99 Å². The molecule has 0 aliphatic carbocycles. The minimum atomic E-state index is 0.537. The third-order valence-corrected chi connectivity index (χ3v) is 4.61. The Labute approximate surface area is 186 Å². The average Bonchev–Trinajstić information content (AvgIpc) is 2.79. The van der Waals surface area contributed by atoms with E-state index in [1.807, 2.05) is 30.3 Å². The molecule has 170 valence electrons. The highest BCUT2D eigenvalue weighted by atomic mass is 16.5. The molecule has 0 atom stereocenters. The van der Waals surface area contributed by atoms with Crippen LogP contribution in [0, 0.1) is 0 Å². The van der Waals surface area contributed by atoms with Gasteiger partial charge < -0.3 is 29.7 Å². The van der Waals surface area contributed by atoms with Gasteiger partial charge in [0.1, 0.15) is 5.75 Å². The molecular weight excluding hydrogens is 392 g/mol. The molecule has 7 nitrogen and oxygen atoms in total. The highest BCUT2D eigenvalue weighted by molar-refractivity contribution is 5.79. The number of ether oxygens (including phenoxy) is 3. The maximum Gasteiger partial charge on any atom is 0.191 e. The molecule has 2 N–H and O–H groups in total. The Bertz CT molecular complexity index is 807. The molecule has 0 amide bonds. The van der Waals surface area contributed by atoms with Gasteiger partial charge in [-0.1, -0.05) is 18.2 Å². The first kappa shape index (κ1) is 24.3. The zero-order valence-corrected chi connectivity index (χ0v) is 19.4. The number of aliphatic imine (C=N–C) groups is 1. The smallest absolute Gasteiger partial charge is 0.191 e. The van der Waals surface area contributed by atoms with Crippen LogP contribution in [0.25, 0.3) is 0 Å². The molecule has 7 heteroatoms. The minimum Gasteiger partial charge on any atom is -0.494 e. The highest BCUT2D eigenvalue weighted by Gasteiger charge is 2.05. The maximum atomic E-state index is 5.80. The van der Waals surface area contributed by atoms with Gasteiger partial charge in [-0.2, -0.15) is 0 Å². The zero-order valence-electron chi connectivity index (χ0n) is 19.4. The molecule has 0 bridgehead atoms. The quantitative estimate of drug-likeness (QED) is 0.307. The summed E-state index contributed by atoms with van der Waals surface area (Å²) in [5.74, 6) is 3.08. The van der Waals surface area contributed by atoms with E-state index in [9.17, 15) is 0 Å². The molecular formula is C24H36N4O3. The first-order valence-electron chi connectivity index (χ1n) is 10.6. The SMILES string of the molecule is CCNC(=NCc1ccc(OC)c(OC)c1)NCc1ccc(OCCCN(C)C)cc1. The van der Waals surface area contributed by atoms with Gasteiger partial charge in [-0.3, -0.25) is 0 Å². The van der Waals surface area contributed by atoms with Crippen LogP contribution in [0.5, 0.6) is 17.2 Å². The molecule has 0 aliphatic heterocycles. The summed E-state index contributed by atoms with van der Waals surface area (Å²) in [6.07, 6.45) is 1.01. The van der Waals surface area contributed by atoms with Gasteiger partial charge in [0.15, 0.2) is 17.5 Å². The summed E-state index contributed by atoms with van der Waals surface area (Å²) in [7, 11) is 7.41. The van der Waals surface area contributed by atoms with Crippen LogP contribution in [-0.4, -0.2) is 58.9 Å². The molecule has 0 fully saturated rings. The van der Waals surface area contributed by atoms with Crippen LogP contribution in [0.4, 0.5) is 0 Å². The van der Waals surface area contributed by atoms with Crippen molar-refractivity contribution in [1.82, 2.24) is 15.5 Å². The molecule has 0 unspecified atom stereocenters. The summed E-state index contributed by atoms with van der Waals surface area (Å²) in [5, 5.41) is 6.66. The Morgan fingerprint density at radius 1 is 0.935 bits per heavy atom. The lowest BCUT2D eigenvalue weighted by Crippen LogP contribution is -2.36. The van der Waals surface area contributed by atoms with E-state index in [0.29, 0.717) is 24.6 Å². The van der Waals surface area contributed by atoms with E-state index < -0.39 is 0 Å². The standard InChI is InChI=1S/C24H36N4O3/c1-6-25-24(27-18-20-10-13-22(29-4)23(16-20)30-5)26-17-19-8-11-21(12-9-19)31-15-7-14-28(2)3/h8-13,16H,6-7,14-15,17-18H2,1-5H3,(H2,25,26,27). The molecule has 0 aliphatic rings. The fourth-order valence-corrected chi connectivity index (χ4v) is 2.95. The Kier molecular flexibility index (Phi) is 10.5. The summed E-state index contributed by atoms with van der Waals surface area (Å²) >= 11 is 0. The van der Waals surface area contributed by atoms with E-state index in [-0.39, 0.29) is 0 Å². The summed E-state index contributed by atoms with van der Waals surface area (Å²) in [4.78, 5) is 6.84. The lowest BCUT2D eigenvalue weighted by Gasteiger charge is -2.13. The monoisotopic (exact) mass is 428 g/mol. The summed E-state index contributed by atoms with van der Waals surface area (Å²) in [5.41, 5.74) is 2.21. The Balaban J connectivity index is 1.88. The van der Waals surface area contributed by atoms with Gasteiger partial charge in [0.05, 0.1) is 27.4 Å². The second-order valence-electron chi connectivity index (χ2n) is 7.39. The molecule has 0 spiro atoms. The van der Waals surface area contributed by atoms with Crippen molar-refractivity contribution >= 4 is 5.96 Å². The number of hydrogen-bond donors (Lipinski definition) is 2. The summed E-state index contributed by atoms with van der Waals surface area (Å²) < 4.78 is 16.5. The minimum absolute atomic E-state index is 0.537. The molecule has 0 saturated carbocycles. The fourth-order valence-electron chi connectivity index (χ4n) is 2.95. The molecule has 0 radical (unpaired) electrons. The van der Waals surface area contributed by atoms with Gasteiger partial charge in [0.2, 0.25) is 0 Å². The lowest BCUT2D eigenvalue weighted by molar-refractivity contribution is 0.281. The third kappa shape index (κ3) is 8.76. The summed E-state index contributed by atoms with van der Waals surface area (Å²) in [6.45, 7) is 5.81. The Morgan fingerprint density at radius 3 is 2.29 bits per heavy atom. The molecule has 2 aromatic carbocycles. The fraction of sp³-hybridized carbons (Fsp3) is 0.458. The second-order valence-corrected chi connectivity index (χ2v) is 7.39. The largest absolute Gasteiger partial charge is 0.494 e. The molecule has 2 rings (SSSR count). The van der Waals surface area contributed by atoms with Crippen LogP contribution in [-0.2, 0) is 13.1 Å². The first-order chi connectivity index (χ1) is 15.0. The van der Waals surface area contributed by atoms with Gasteiger partial charge in [0, 0.05) is 19.6 Å². The van der Waals surface area contributed by atoms with Crippen molar-refractivity contribution < 1.29 is 14.2 Å². The van der Waals surface area contributed by atoms with E-state index in [0.717, 1.165) is 49.0 Å². The van der Waals surface area contributed by atoms with Crippen molar-refractivity contribution in [1.29, 1.82) is 0 Å². The zero-order chi connectivity index (χ0) is 22.5.